The zero-order chi connectivity index (χ0) is 20.0. The minimum atomic E-state index is -3.80. The average molecular weight is 420 g/mol. The average Bonchev–Trinajstić information content (AvgIpc) is 3.09. The minimum absolute atomic E-state index is 0.0812. The number of amides is 2. The third kappa shape index (κ3) is 5.88. The summed E-state index contributed by atoms with van der Waals surface area (Å²) >= 11 is 5.80. The van der Waals surface area contributed by atoms with Gasteiger partial charge in [0.15, 0.2) is 0 Å². The fourth-order valence-electron chi connectivity index (χ4n) is 2.45. The quantitative estimate of drug-likeness (QED) is 0.446. The summed E-state index contributed by atoms with van der Waals surface area (Å²) in [5.74, 6) is -1.59. The molecule has 0 spiro atoms. The fraction of sp³-hybridized carbons (Fsp3) is 0.500. The molecule has 27 heavy (non-hydrogen) atoms. The fourth-order valence-corrected chi connectivity index (χ4v) is 4.09. The number of halogens is 1. The van der Waals surface area contributed by atoms with Gasteiger partial charge < -0.3 is 20.3 Å². The van der Waals surface area contributed by atoms with E-state index in [0.717, 1.165) is 9.21 Å². The maximum Gasteiger partial charge on any atom is 0.309 e. The Kier molecular flexibility index (Phi) is 7.57. The zero-order valence-electron chi connectivity index (χ0n) is 15.2. The third-order valence-electron chi connectivity index (χ3n) is 3.92. The second-order valence-electron chi connectivity index (χ2n) is 6.32. The van der Waals surface area contributed by atoms with E-state index in [4.69, 9.17) is 16.3 Å². The maximum absolute atomic E-state index is 12.7. The molecule has 0 aliphatic carbocycles. The lowest BCUT2D eigenvalue weighted by Crippen LogP contribution is -3.06. The summed E-state index contributed by atoms with van der Waals surface area (Å²) in [6, 6.07) is 5.79. The Morgan fingerprint density at radius 1 is 1.22 bits per heavy atom. The van der Waals surface area contributed by atoms with E-state index in [1.54, 1.807) is 0 Å². The molecule has 1 saturated heterocycles. The van der Waals surface area contributed by atoms with E-state index in [1.165, 1.54) is 24.3 Å². The van der Waals surface area contributed by atoms with Crippen LogP contribution >= 0.6 is 11.6 Å². The van der Waals surface area contributed by atoms with Crippen LogP contribution in [0.3, 0.4) is 0 Å². The van der Waals surface area contributed by atoms with Crippen molar-refractivity contribution in [3.8, 4) is 0 Å². The molecule has 0 unspecified atom stereocenters. The maximum atomic E-state index is 12.7. The van der Waals surface area contributed by atoms with Crippen LogP contribution < -0.4 is 15.5 Å². The van der Waals surface area contributed by atoms with Crippen LogP contribution in [-0.4, -0.2) is 77.6 Å². The Morgan fingerprint density at radius 2 is 1.85 bits per heavy atom. The van der Waals surface area contributed by atoms with Crippen LogP contribution in [0.5, 0.6) is 0 Å². The van der Waals surface area contributed by atoms with Crippen LogP contribution in [0.15, 0.2) is 29.2 Å². The van der Waals surface area contributed by atoms with Crippen molar-refractivity contribution in [3.05, 3.63) is 29.3 Å². The van der Waals surface area contributed by atoms with Crippen molar-refractivity contribution in [2.75, 3.05) is 46.9 Å². The van der Waals surface area contributed by atoms with Crippen LogP contribution in [0.2, 0.25) is 5.02 Å². The topological polar surface area (TPSA) is 109 Å². The number of hydrogen-bond donors (Lipinski definition) is 3. The van der Waals surface area contributed by atoms with E-state index >= 15 is 0 Å². The highest BCUT2D eigenvalue weighted by Crippen LogP contribution is 2.23. The molecule has 1 aliphatic rings. The number of sulfonamides is 1. The number of rotatable bonds is 7. The summed E-state index contributed by atoms with van der Waals surface area (Å²) in [5.41, 5.74) is 0. The number of ether oxygens (including phenoxy) is 1. The smallest absolute Gasteiger partial charge is 0.309 e. The molecule has 2 amide bonds. The lowest BCUT2D eigenvalue weighted by Gasteiger charge is -2.22. The molecule has 0 bridgehead atoms. The predicted molar refractivity (Wildman–Crippen MR) is 98.8 cm³/mol. The van der Waals surface area contributed by atoms with E-state index in [2.05, 4.69) is 10.6 Å². The Bertz CT molecular complexity index is 770. The van der Waals surface area contributed by atoms with E-state index in [0.29, 0.717) is 18.1 Å². The van der Waals surface area contributed by atoms with Crippen molar-refractivity contribution in [1.29, 1.82) is 0 Å². The predicted octanol–water partition coefficient (Wildman–Crippen LogP) is -1.94. The lowest BCUT2D eigenvalue weighted by atomic mass is 10.4. The van der Waals surface area contributed by atoms with Gasteiger partial charge in [-0.15, -0.1) is 0 Å². The Morgan fingerprint density at radius 3 is 2.48 bits per heavy atom. The number of carbonyl (C=O) groups is 2. The third-order valence-corrected chi connectivity index (χ3v) is 6.07. The Hall–Kier alpha value is -1.72. The second-order valence-corrected chi connectivity index (χ2v) is 8.65. The van der Waals surface area contributed by atoms with Crippen LogP contribution in [0.25, 0.3) is 0 Å². The summed E-state index contributed by atoms with van der Waals surface area (Å²) in [7, 11) is 0.0585. The van der Waals surface area contributed by atoms with Gasteiger partial charge in [-0.2, -0.15) is 4.31 Å². The van der Waals surface area contributed by atoms with Gasteiger partial charge in [0, 0.05) is 11.6 Å². The van der Waals surface area contributed by atoms with Gasteiger partial charge in [0.2, 0.25) is 10.0 Å². The number of nitrogens with one attached hydrogen (secondary N) is 3. The molecule has 1 atom stereocenters. The SMILES string of the molecule is C[NH+](C)CCNC(=O)C(=O)NC[C@@H]1OCCN1S(=O)(=O)c1ccc(Cl)cc1. The molecular formula is C16H24ClN4O5S+. The molecule has 0 saturated carbocycles. The van der Waals surface area contributed by atoms with Gasteiger partial charge in [-0.1, -0.05) is 11.6 Å². The Balaban J connectivity index is 1.93. The normalized spacial score (nSPS) is 17.9. The zero-order valence-corrected chi connectivity index (χ0v) is 16.8. The molecule has 150 valence electrons. The molecule has 0 aromatic heterocycles. The van der Waals surface area contributed by atoms with Crippen LogP contribution in [-0.2, 0) is 24.3 Å². The summed E-state index contributed by atoms with van der Waals surface area (Å²) in [6.45, 7) is 1.27. The summed E-state index contributed by atoms with van der Waals surface area (Å²) in [4.78, 5) is 24.8. The number of hydrogen-bond acceptors (Lipinski definition) is 5. The first kappa shape index (κ1) is 21.6. The van der Waals surface area contributed by atoms with Gasteiger partial charge in [0.25, 0.3) is 0 Å². The van der Waals surface area contributed by atoms with Gasteiger partial charge in [0.1, 0.15) is 6.23 Å². The van der Waals surface area contributed by atoms with Crippen molar-refractivity contribution < 1.29 is 27.6 Å². The first-order valence-electron chi connectivity index (χ1n) is 8.46. The highest BCUT2D eigenvalue weighted by molar-refractivity contribution is 7.89. The molecule has 1 aromatic rings. The molecule has 11 heteroatoms. The van der Waals surface area contributed by atoms with Crippen molar-refractivity contribution >= 4 is 33.4 Å². The molecular weight excluding hydrogens is 396 g/mol. The van der Waals surface area contributed by atoms with Gasteiger partial charge in [-0.3, -0.25) is 9.59 Å². The molecule has 1 fully saturated rings. The van der Waals surface area contributed by atoms with Crippen molar-refractivity contribution in [3.63, 3.8) is 0 Å². The van der Waals surface area contributed by atoms with Crippen molar-refractivity contribution in [1.82, 2.24) is 14.9 Å². The van der Waals surface area contributed by atoms with Gasteiger partial charge in [-0.25, -0.2) is 8.42 Å². The number of likely N-dealkylation sites (N-methyl/N-ethyl adjacent to an activating group) is 1. The summed E-state index contributed by atoms with van der Waals surface area (Å²) in [5, 5.41) is 5.35. The minimum Gasteiger partial charge on any atom is -0.359 e. The van der Waals surface area contributed by atoms with Gasteiger partial charge in [0.05, 0.1) is 45.2 Å². The highest BCUT2D eigenvalue weighted by Gasteiger charge is 2.36. The van der Waals surface area contributed by atoms with Crippen LogP contribution in [0, 0.1) is 0 Å². The molecule has 1 aliphatic heterocycles. The molecule has 0 radical (unpaired) electrons. The van der Waals surface area contributed by atoms with Crippen LogP contribution in [0.1, 0.15) is 0 Å². The molecule has 9 nitrogen and oxygen atoms in total. The summed E-state index contributed by atoms with van der Waals surface area (Å²) < 4.78 is 32.1. The van der Waals surface area contributed by atoms with E-state index < -0.39 is 28.1 Å². The van der Waals surface area contributed by atoms with Crippen molar-refractivity contribution in [2.24, 2.45) is 0 Å². The first-order chi connectivity index (χ1) is 12.7. The van der Waals surface area contributed by atoms with Gasteiger partial charge >= 0.3 is 11.8 Å². The van der Waals surface area contributed by atoms with Crippen LogP contribution in [0.4, 0.5) is 0 Å². The standard InChI is InChI=1S/C16H23ClN4O5S/c1-20(2)8-7-18-15(22)16(23)19-11-14-21(9-10-26-14)27(24,25)13-5-3-12(17)4-6-13/h3-6,14H,7-11H2,1-2H3,(H,18,22)(H,19,23)/p+1/t14-/m0/s1. The Labute approximate surface area is 163 Å². The number of quaternary nitrogens is 1. The number of carbonyl (C=O) groups excluding carboxylic acids is 2. The molecule has 1 heterocycles. The lowest BCUT2D eigenvalue weighted by molar-refractivity contribution is -0.856. The van der Waals surface area contributed by atoms with E-state index in [9.17, 15) is 18.0 Å². The molecule has 2 rings (SSSR count). The van der Waals surface area contributed by atoms with E-state index in [-0.39, 0.29) is 24.6 Å². The second kappa shape index (κ2) is 9.47. The largest absolute Gasteiger partial charge is 0.359 e. The summed E-state index contributed by atoms with van der Waals surface area (Å²) in [6.07, 6.45) is -0.881. The number of benzene rings is 1. The molecule has 1 aromatic carbocycles. The monoisotopic (exact) mass is 419 g/mol. The van der Waals surface area contributed by atoms with Crippen molar-refractivity contribution in [2.45, 2.75) is 11.1 Å². The first-order valence-corrected chi connectivity index (χ1v) is 10.3. The molecule has 3 N–H and O–H groups in total. The number of nitrogens with zero attached hydrogens (tertiary/aromatic N) is 1. The van der Waals surface area contributed by atoms with Gasteiger partial charge in [-0.05, 0) is 24.3 Å². The van der Waals surface area contributed by atoms with E-state index in [1.807, 2.05) is 14.1 Å². The highest BCUT2D eigenvalue weighted by atomic mass is 35.5.